The molecule has 14 heteroatoms. The first-order chi connectivity index (χ1) is 30.7. The summed E-state index contributed by atoms with van der Waals surface area (Å²) >= 11 is 0. The van der Waals surface area contributed by atoms with Crippen molar-refractivity contribution in [3.63, 3.8) is 0 Å². The summed E-state index contributed by atoms with van der Waals surface area (Å²) in [5.41, 5.74) is 1.23. The number of hydrogen-bond donors (Lipinski definition) is 4. The number of carbonyl (C=O) groups excluding carboxylic acids is 4. The smallest absolute Gasteiger partial charge is 0.329 e. The lowest BCUT2D eigenvalue weighted by molar-refractivity contribution is -0.317. The second kappa shape index (κ2) is 25.3. The fourth-order valence-corrected chi connectivity index (χ4v) is 10.3. The van der Waals surface area contributed by atoms with E-state index >= 15 is 0 Å². The van der Waals surface area contributed by atoms with Gasteiger partial charge in [-0.3, -0.25) is 14.4 Å². The number of fused-ring (bicyclic) bond motifs is 3. The molecule has 0 aromatic rings. The zero-order valence-corrected chi connectivity index (χ0v) is 40.7. The van der Waals surface area contributed by atoms with Crippen LogP contribution in [0.15, 0.2) is 47.6 Å². The molecule has 0 radical (unpaired) electrons. The topological polar surface area (TPSA) is 199 Å². The predicted octanol–water partition coefficient (Wildman–Crippen LogP) is 5.97. The third kappa shape index (κ3) is 14.5. The fourth-order valence-electron chi connectivity index (χ4n) is 10.3. The van der Waals surface area contributed by atoms with Gasteiger partial charge in [0, 0.05) is 58.5 Å². The number of piperidine rings is 1. The summed E-state index contributed by atoms with van der Waals surface area (Å²) in [6.45, 7) is 12.9. The van der Waals surface area contributed by atoms with Gasteiger partial charge in [0.05, 0.1) is 30.5 Å². The van der Waals surface area contributed by atoms with E-state index in [9.17, 15) is 39.6 Å². The van der Waals surface area contributed by atoms with E-state index < -0.39 is 78.1 Å². The number of ketones is 2. The SMILES string of the molecule is CO[C@H]1C[C@@H]2CC[C@@H](C)[C@@](O)(O2)[C@H](O)C(=O)N2CCCCC2C(=O)O[C@H]([C@H](C)C[C@@H]2CC[C@@H](O)[C@H](OC)C2)CC(=O)C(C)=CC(C)[C@@H](O)[C@@H](OC)C(=O)[C@H](C)C[C@H](C)C=CC=CC=C1C. The lowest BCUT2D eigenvalue weighted by atomic mass is 9.78. The Labute approximate surface area is 387 Å². The molecule has 14 nitrogen and oxygen atoms in total. The Kier molecular flexibility index (Phi) is 21.3. The van der Waals surface area contributed by atoms with Crippen molar-refractivity contribution >= 4 is 23.4 Å². The first kappa shape index (κ1) is 54.5. The Bertz CT molecular complexity index is 1710. The summed E-state index contributed by atoms with van der Waals surface area (Å²) in [5.74, 6) is -6.20. The van der Waals surface area contributed by atoms with E-state index in [1.54, 1.807) is 41.1 Å². The molecule has 16 atom stereocenters. The largest absolute Gasteiger partial charge is 0.460 e. The Morgan fingerprint density at radius 3 is 2.26 bits per heavy atom. The zero-order valence-electron chi connectivity index (χ0n) is 40.7. The Balaban J connectivity index is 1.70. The molecule has 2 saturated heterocycles. The van der Waals surface area contributed by atoms with Crippen LogP contribution in [0, 0.1) is 35.5 Å². The third-order valence-electron chi connectivity index (χ3n) is 14.7. The summed E-state index contributed by atoms with van der Waals surface area (Å²) in [6.07, 6.45) is 9.77. The third-order valence-corrected chi connectivity index (χ3v) is 14.7. The molecule has 4 rings (SSSR count). The summed E-state index contributed by atoms with van der Waals surface area (Å²) in [7, 11) is 4.55. The minimum Gasteiger partial charge on any atom is -0.460 e. The first-order valence-electron chi connectivity index (χ1n) is 24.1. The van der Waals surface area contributed by atoms with Gasteiger partial charge in [0.2, 0.25) is 5.79 Å². The van der Waals surface area contributed by atoms with Crippen LogP contribution < -0.4 is 0 Å². The number of aliphatic hydroxyl groups excluding tert-OH is 3. The monoisotopic (exact) mass is 916 g/mol. The summed E-state index contributed by atoms with van der Waals surface area (Å²) in [4.78, 5) is 57.8. The van der Waals surface area contributed by atoms with Crippen LogP contribution in [-0.2, 0) is 42.9 Å². The molecule has 4 aliphatic rings. The van der Waals surface area contributed by atoms with Crippen LogP contribution >= 0.6 is 0 Å². The number of allylic oxidation sites excluding steroid dienone is 6. The second-order valence-electron chi connectivity index (χ2n) is 19.8. The van der Waals surface area contributed by atoms with Gasteiger partial charge in [-0.25, -0.2) is 4.79 Å². The van der Waals surface area contributed by atoms with Gasteiger partial charge >= 0.3 is 5.97 Å². The van der Waals surface area contributed by atoms with Gasteiger partial charge in [-0.05, 0) is 107 Å². The van der Waals surface area contributed by atoms with Crippen LogP contribution in [0.25, 0.3) is 0 Å². The molecule has 0 aromatic heterocycles. The van der Waals surface area contributed by atoms with Gasteiger partial charge in [0.15, 0.2) is 17.7 Å². The van der Waals surface area contributed by atoms with Crippen molar-refractivity contribution in [2.45, 2.75) is 186 Å². The van der Waals surface area contributed by atoms with Gasteiger partial charge in [-0.1, -0.05) is 71.1 Å². The van der Waals surface area contributed by atoms with Gasteiger partial charge < -0.3 is 49.0 Å². The number of amides is 1. The van der Waals surface area contributed by atoms with Gasteiger partial charge in [-0.15, -0.1) is 0 Å². The normalized spacial score (nSPS) is 39.0. The zero-order chi connectivity index (χ0) is 48.2. The minimum absolute atomic E-state index is 0.0291. The van der Waals surface area contributed by atoms with Crippen LogP contribution in [-0.4, -0.2) is 137 Å². The molecule has 0 spiro atoms. The van der Waals surface area contributed by atoms with E-state index in [-0.39, 0.29) is 60.9 Å². The molecule has 3 aliphatic heterocycles. The molecule has 1 amide bonds. The molecule has 4 N–H and O–H groups in total. The van der Waals surface area contributed by atoms with Crippen molar-refractivity contribution in [2.24, 2.45) is 35.5 Å². The van der Waals surface area contributed by atoms with E-state index in [0.717, 1.165) is 12.0 Å². The molecule has 3 heterocycles. The standard InChI is InChI=1S/C51H81NO13/c1-30-16-12-11-13-17-31(2)42(61-8)28-38-21-19-36(7)51(60,65-38)48(57)49(58)52-23-15-14-18-39(52)50(59)64-43(33(4)26-37-20-22-40(53)44(27-37)62-9)29-41(54)32(3)25-35(6)46(56)47(63-10)45(55)34(5)24-30/h11-13,16-17,25,30,33-40,42-44,46-48,53,56-57,60H,14-15,18-24,26-29H2,1-10H3/t30-,33-,34-,35?,36-,37+,38+,39?,40-,42+,43+,44-,46-,47+,48-,51-/m1/s1. The number of cyclic esters (lactones) is 1. The van der Waals surface area contributed by atoms with E-state index in [4.69, 9.17) is 23.7 Å². The number of aliphatic hydroxyl groups is 4. The van der Waals surface area contributed by atoms with Crippen LogP contribution in [0.2, 0.25) is 0 Å². The highest BCUT2D eigenvalue weighted by Gasteiger charge is 2.53. The lowest BCUT2D eigenvalue weighted by Gasteiger charge is -2.46. The number of Topliss-reactive ketones (excluding diaryl/α,β-unsaturated/α-hetero) is 2. The molecule has 2 unspecified atom stereocenters. The molecule has 1 aliphatic carbocycles. The van der Waals surface area contributed by atoms with Crippen molar-refractivity contribution in [1.82, 2.24) is 4.90 Å². The number of rotatable bonds is 6. The number of ether oxygens (including phenoxy) is 5. The molecule has 3 fully saturated rings. The molecule has 65 heavy (non-hydrogen) atoms. The van der Waals surface area contributed by atoms with E-state index in [0.29, 0.717) is 63.4 Å². The van der Waals surface area contributed by atoms with Gasteiger partial charge in [-0.2, -0.15) is 0 Å². The highest BCUT2D eigenvalue weighted by Crippen LogP contribution is 2.39. The molecule has 2 bridgehead atoms. The fraction of sp³-hybridized carbons (Fsp3) is 0.765. The maximum absolute atomic E-state index is 14.4. The van der Waals surface area contributed by atoms with Crippen molar-refractivity contribution in [3.8, 4) is 0 Å². The van der Waals surface area contributed by atoms with E-state index in [1.165, 1.54) is 12.0 Å². The van der Waals surface area contributed by atoms with Gasteiger partial charge in [0.25, 0.3) is 5.91 Å². The molecule has 368 valence electrons. The summed E-state index contributed by atoms with van der Waals surface area (Å²) in [5, 5.41) is 45.7. The number of esters is 1. The Morgan fingerprint density at radius 2 is 1.58 bits per heavy atom. The van der Waals surface area contributed by atoms with E-state index in [1.807, 2.05) is 58.1 Å². The number of nitrogens with zero attached hydrogens (tertiary/aromatic N) is 1. The maximum atomic E-state index is 14.4. The van der Waals surface area contributed by atoms with Crippen LogP contribution in [0.1, 0.15) is 126 Å². The van der Waals surface area contributed by atoms with Crippen LogP contribution in [0.5, 0.6) is 0 Å². The van der Waals surface area contributed by atoms with Crippen molar-refractivity contribution < 1.29 is 63.3 Å². The molecule has 1 saturated carbocycles. The van der Waals surface area contributed by atoms with E-state index in [2.05, 4.69) is 0 Å². The molecule has 0 aromatic carbocycles. The Hall–Kier alpha value is -3.08. The lowest BCUT2D eigenvalue weighted by Crippen LogP contribution is -2.63. The average molecular weight is 916 g/mol. The Morgan fingerprint density at radius 1 is 0.862 bits per heavy atom. The molecular formula is C51H81NO13. The number of hydrogen-bond acceptors (Lipinski definition) is 13. The average Bonchev–Trinajstić information content (AvgIpc) is 3.28. The number of methoxy groups -OCH3 is 3. The minimum atomic E-state index is -2.23. The number of carbonyl (C=O) groups is 4. The highest BCUT2D eigenvalue weighted by atomic mass is 16.6. The van der Waals surface area contributed by atoms with Gasteiger partial charge in [0.1, 0.15) is 18.2 Å². The second-order valence-corrected chi connectivity index (χ2v) is 19.8. The summed E-state index contributed by atoms with van der Waals surface area (Å²) in [6, 6.07) is -1.08. The van der Waals surface area contributed by atoms with Crippen LogP contribution in [0.4, 0.5) is 0 Å². The predicted molar refractivity (Wildman–Crippen MR) is 246 cm³/mol. The highest BCUT2D eigenvalue weighted by molar-refractivity contribution is 5.95. The maximum Gasteiger partial charge on any atom is 0.329 e. The molecular weight excluding hydrogens is 835 g/mol. The van der Waals surface area contributed by atoms with Crippen LogP contribution in [0.3, 0.4) is 0 Å². The van der Waals surface area contributed by atoms with Crippen molar-refractivity contribution in [1.29, 1.82) is 0 Å². The van der Waals surface area contributed by atoms with Crippen molar-refractivity contribution in [2.75, 3.05) is 27.9 Å². The quantitative estimate of drug-likeness (QED) is 0.228. The first-order valence-corrected chi connectivity index (χ1v) is 24.1. The van der Waals surface area contributed by atoms with Crippen molar-refractivity contribution in [3.05, 3.63) is 47.6 Å². The summed E-state index contributed by atoms with van der Waals surface area (Å²) < 4.78 is 29.5.